The van der Waals surface area contributed by atoms with Crippen LogP contribution in [0.3, 0.4) is 0 Å². The first kappa shape index (κ1) is 8.97. The minimum absolute atomic E-state index is 0.570. The highest BCUT2D eigenvalue weighted by Gasteiger charge is 1.99. The third-order valence-electron chi connectivity index (χ3n) is 1.94. The largest absolute Gasteiger partial charge is 0.244 e. The molecule has 0 N–H and O–H groups in total. The Kier molecular flexibility index (Phi) is 2.51. The van der Waals surface area contributed by atoms with E-state index in [-0.39, 0.29) is 0 Å². The molecule has 3 heteroatoms. The van der Waals surface area contributed by atoms with E-state index in [0.717, 1.165) is 16.1 Å². The predicted octanol–water partition coefficient (Wildman–Crippen LogP) is 3.78. The summed E-state index contributed by atoms with van der Waals surface area (Å²) >= 11 is 9.36. The number of hydrogen-bond acceptors (Lipinski definition) is 1. The molecular weight excluding hydrogens is 249 g/mol. The van der Waals surface area contributed by atoms with Gasteiger partial charge < -0.3 is 0 Å². The van der Waals surface area contributed by atoms with E-state index in [9.17, 15) is 0 Å². The van der Waals surface area contributed by atoms with Crippen molar-refractivity contribution < 1.29 is 0 Å². The van der Waals surface area contributed by atoms with Gasteiger partial charge >= 0.3 is 0 Å². The van der Waals surface area contributed by atoms with Crippen LogP contribution in [0.25, 0.3) is 10.8 Å². The molecule has 2 rings (SSSR count). The van der Waals surface area contributed by atoms with Gasteiger partial charge in [0, 0.05) is 16.9 Å². The van der Waals surface area contributed by atoms with Crippen LogP contribution >= 0.6 is 27.5 Å². The number of pyridine rings is 1. The lowest BCUT2D eigenvalue weighted by atomic mass is 10.1. The van der Waals surface area contributed by atoms with Crippen molar-refractivity contribution in [2.24, 2.45) is 0 Å². The van der Waals surface area contributed by atoms with Crippen molar-refractivity contribution in [3.63, 3.8) is 0 Å². The van der Waals surface area contributed by atoms with Crippen molar-refractivity contribution >= 4 is 38.3 Å². The van der Waals surface area contributed by atoms with Gasteiger partial charge in [-0.1, -0.05) is 39.7 Å². The van der Waals surface area contributed by atoms with Gasteiger partial charge in [-0.2, -0.15) is 0 Å². The third-order valence-corrected chi connectivity index (χ3v) is 2.88. The van der Waals surface area contributed by atoms with E-state index in [2.05, 4.69) is 39.1 Å². The molecule has 66 valence electrons. The molecule has 0 aliphatic rings. The van der Waals surface area contributed by atoms with E-state index in [0.29, 0.717) is 5.15 Å². The summed E-state index contributed by atoms with van der Waals surface area (Å²) < 4.78 is 0. The van der Waals surface area contributed by atoms with Crippen molar-refractivity contribution in [3.05, 3.63) is 41.2 Å². The summed E-state index contributed by atoms with van der Waals surface area (Å²) in [6.07, 6.45) is 1.72. The van der Waals surface area contributed by atoms with Crippen LogP contribution in [0.1, 0.15) is 5.56 Å². The minimum atomic E-state index is 0.570. The maximum absolute atomic E-state index is 5.96. The monoisotopic (exact) mass is 255 g/mol. The molecule has 0 atom stereocenters. The van der Waals surface area contributed by atoms with E-state index in [1.807, 2.05) is 6.07 Å². The Bertz CT molecular complexity index is 442. The normalized spacial score (nSPS) is 10.6. The summed E-state index contributed by atoms with van der Waals surface area (Å²) in [7, 11) is 0. The van der Waals surface area contributed by atoms with Crippen LogP contribution < -0.4 is 0 Å². The molecule has 0 spiro atoms. The van der Waals surface area contributed by atoms with E-state index in [4.69, 9.17) is 11.6 Å². The molecule has 1 nitrogen and oxygen atoms in total. The zero-order chi connectivity index (χ0) is 9.26. The number of nitrogens with zero attached hydrogens (tertiary/aromatic N) is 1. The number of aromatic nitrogens is 1. The van der Waals surface area contributed by atoms with Gasteiger partial charge in [-0.05, 0) is 23.1 Å². The molecule has 0 saturated heterocycles. The van der Waals surface area contributed by atoms with Gasteiger partial charge in [-0.3, -0.25) is 0 Å². The third kappa shape index (κ3) is 1.69. The summed E-state index contributed by atoms with van der Waals surface area (Å²) in [5.74, 6) is 0. The predicted molar refractivity (Wildman–Crippen MR) is 59.4 cm³/mol. The Labute approximate surface area is 89.9 Å². The fourth-order valence-corrected chi connectivity index (χ4v) is 1.83. The van der Waals surface area contributed by atoms with Gasteiger partial charge in [-0.25, -0.2) is 4.98 Å². The Morgan fingerprint density at radius 2 is 2.15 bits per heavy atom. The first-order chi connectivity index (χ1) is 6.31. The minimum Gasteiger partial charge on any atom is -0.244 e. The second-order valence-corrected chi connectivity index (χ2v) is 3.71. The lowest BCUT2D eigenvalue weighted by molar-refractivity contribution is 1.35. The SMILES string of the molecule is Clc1nccc2ccc(CBr)cc12. The number of halogens is 2. The van der Waals surface area contributed by atoms with E-state index >= 15 is 0 Å². The number of fused-ring (bicyclic) bond motifs is 1. The van der Waals surface area contributed by atoms with Crippen molar-refractivity contribution in [2.45, 2.75) is 5.33 Å². The summed E-state index contributed by atoms with van der Waals surface area (Å²) in [6, 6.07) is 8.14. The molecule has 0 fully saturated rings. The molecule has 0 amide bonds. The van der Waals surface area contributed by atoms with Crippen molar-refractivity contribution in [1.29, 1.82) is 0 Å². The van der Waals surface area contributed by atoms with Crippen molar-refractivity contribution in [3.8, 4) is 0 Å². The standard InChI is InChI=1S/C10H7BrClN/c11-6-7-1-2-8-3-4-13-10(12)9(8)5-7/h1-5H,6H2. The summed E-state index contributed by atoms with van der Waals surface area (Å²) in [4.78, 5) is 4.03. The van der Waals surface area contributed by atoms with Crippen LogP contribution in [0.4, 0.5) is 0 Å². The lowest BCUT2D eigenvalue weighted by Crippen LogP contribution is -1.81. The van der Waals surface area contributed by atoms with E-state index < -0.39 is 0 Å². The smallest absolute Gasteiger partial charge is 0.136 e. The first-order valence-electron chi connectivity index (χ1n) is 3.90. The average Bonchev–Trinajstić information content (AvgIpc) is 2.18. The molecule has 1 aromatic heterocycles. The van der Waals surface area contributed by atoms with Gasteiger partial charge in [-0.15, -0.1) is 0 Å². The highest BCUT2D eigenvalue weighted by atomic mass is 79.9. The van der Waals surface area contributed by atoms with Crippen LogP contribution in [0.2, 0.25) is 5.15 Å². The quantitative estimate of drug-likeness (QED) is 0.559. The summed E-state index contributed by atoms with van der Waals surface area (Å²) in [6.45, 7) is 0. The Hall–Kier alpha value is -0.600. The zero-order valence-corrected chi connectivity index (χ0v) is 9.14. The zero-order valence-electron chi connectivity index (χ0n) is 6.80. The van der Waals surface area contributed by atoms with Crippen molar-refractivity contribution in [2.75, 3.05) is 0 Å². The van der Waals surface area contributed by atoms with E-state index in [1.165, 1.54) is 5.56 Å². The number of hydrogen-bond donors (Lipinski definition) is 0. The Morgan fingerprint density at radius 1 is 1.31 bits per heavy atom. The van der Waals surface area contributed by atoms with Gasteiger partial charge in [0.25, 0.3) is 0 Å². The topological polar surface area (TPSA) is 12.9 Å². The molecule has 0 radical (unpaired) electrons. The van der Waals surface area contributed by atoms with E-state index in [1.54, 1.807) is 6.20 Å². The molecule has 0 aliphatic carbocycles. The molecule has 1 aromatic carbocycles. The molecule has 0 saturated carbocycles. The maximum atomic E-state index is 5.96. The molecule has 0 aliphatic heterocycles. The number of rotatable bonds is 1. The second-order valence-electron chi connectivity index (χ2n) is 2.79. The number of benzene rings is 1. The lowest BCUT2D eigenvalue weighted by Gasteiger charge is -2.01. The Balaban J connectivity index is 2.74. The molecule has 0 bridgehead atoms. The number of alkyl halides is 1. The van der Waals surface area contributed by atoms with Crippen LogP contribution in [0.5, 0.6) is 0 Å². The highest BCUT2D eigenvalue weighted by Crippen LogP contribution is 2.22. The Morgan fingerprint density at radius 3 is 2.92 bits per heavy atom. The highest BCUT2D eigenvalue weighted by molar-refractivity contribution is 9.08. The average molecular weight is 257 g/mol. The van der Waals surface area contributed by atoms with Crippen LogP contribution in [-0.4, -0.2) is 4.98 Å². The van der Waals surface area contributed by atoms with Gasteiger partial charge in [0.15, 0.2) is 0 Å². The molecule has 2 aromatic rings. The van der Waals surface area contributed by atoms with Crippen LogP contribution in [0.15, 0.2) is 30.5 Å². The van der Waals surface area contributed by atoms with Crippen LogP contribution in [0, 0.1) is 0 Å². The molecule has 0 unspecified atom stereocenters. The summed E-state index contributed by atoms with van der Waals surface area (Å²) in [5, 5.41) is 3.56. The maximum Gasteiger partial charge on any atom is 0.136 e. The second kappa shape index (κ2) is 3.64. The fourth-order valence-electron chi connectivity index (χ4n) is 1.26. The molecular formula is C10H7BrClN. The molecule has 13 heavy (non-hydrogen) atoms. The van der Waals surface area contributed by atoms with Crippen LogP contribution in [-0.2, 0) is 5.33 Å². The van der Waals surface area contributed by atoms with Gasteiger partial charge in [0.1, 0.15) is 5.15 Å². The summed E-state index contributed by atoms with van der Waals surface area (Å²) in [5.41, 5.74) is 1.21. The van der Waals surface area contributed by atoms with Gasteiger partial charge in [0.2, 0.25) is 0 Å². The first-order valence-corrected chi connectivity index (χ1v) is 5.40. The fraction of sp³-hybridized carbons (Fsp3) is 0.100. The molecule has 1 heterocycles. The van der Waals surface area contributed by atoms with Crippen molar-refractivity contribution in [1.82, 2.24) is 4.98 Å². The van der Waals surface area contributed by atoms with Gasteiger partial charge in [0.05, 0.1) is 0 Å².